The van der Waals surface area contributed by atoms with Crippen LogP contribution in [0.3, 0.4) is 0 Å². The maximum Gasteiger partial charge on any atom is 0.308 e. The van der Waals surface area contributed by atoms with Gasteiger partial charge in [0.1, 0.15) is 16.4 Å². The van der Waals surface area contributed by atoms with E-state index in [1.807, 2.05) is 12.1 Å². The number of nitrogens with one attached hydrogen (secondary N) is 2. The van der Waals surface area contributed by atoms with Crippen LogP contribution in [-0.2, 0) is 4.79 Å². The summed E-state index contributed by atoms with van der Waals surface area (Å²) < 4.78 is 16.1. The molecule has 3 N–H and O–H groups in total. The van der Waals surface area contributed by atoms with Crippen molar-refractivity contribution in [3.8, 4) is 22.0 Å². The molecule has 0 radical (unpaired) electrons. The van der Waals surface area contributed by atoms with Crippen LogP contribution in [0, 0.1) is 23.6 Å². The van der Waals surface area contributed by atoms with Crippen molar-refractivity contribution in [3.63, 3.8) is 0 Å². The molecule has 8 nitrogen and oxygen atoms in total. The van der Waals surface area contributed by atoms with Crippen LogP contribution < -0.4 is 5.32 Å². The molecule has 0 saturated heterocycles. The van der Waals surface area contributed by atoms with E-state index in [0.717, 1.165) is 43.4 Å². The fourth-order valence-corrected chi connectivity index (χ4v) is 7.40. The van der Waals surface area contributed by atoms with Crippen molar-refractivity contribution < 1.29 is 14.3 Å². The van der Waals surface area contributed by atoms with Gasteiger partial charge in [-0.2, -0.15) is 0 Å². The fourth-order valence-electron chi connectivity index (χ4n) is 6.10. The molecule has 0 aliphatic heterocycles. The largest absolute Gasteiger partial charge is 0.481 e. The summed E-state index contributed by atoms with van der Waals surface area (Å²) in [6, 6.07) is 3.56. The lowest BCUT2D eigenvalue weighted by atomic mass is 9.61. The second-order valence-corrected chi connectivity index (χ2v) is 11.8. The average Bonchev–Trinajstić information content (AvgIpc) is 3.48. The van der Waals surface area contributed by atoms with Gasteiger partial charge in [0, 0.05) is 17.1 Å². The molecule has 4 saturated carbocycles. The molecule has 0 unspecified atom stereocenters. The molecule has 4 aromatic rings. The van der Waals surface area contributed by atoms with Gasteiger partial charge in [0.15, 0.2) is 23.1 Å². The molecule has 4 aromatic heterocycles. The molecule has 0 aromatic carbocycles. The minimum absolute atomic E-state index is 0.0227. The fraction of sp³-hybridized carbons (Fsp3) is 0.423. The summed E-state index contributed by atoms with van der Waals surface area (Å²) in [5.74, 6) is -0.888. The summed E-state index contributed by atoms with van der Waals surface area (Å²) in [7, 11) is 0. The Morgan fingerprint density at radius 2 is 1.89 bits per heavy atom. The number of anilines is 1. The second-order valence-electron chi connectivity index (χ2n) is 10.3. The standard InChI is InChI=1S/C26H24ClFN6O2S/c27-17-10-30-25-21(31-17)14(9-29-25)23-33-22(16-8-7-15(37-16)11-1-2-11)19(28)24(34-23)32-20-13-5-3-12(4-6-13)18(20)26(35)36/h7-13,18,20H,1-6H2,(H,29,30)(H,35,36)(H,32,33,34)/t12?,13?,18-,20-/m0/s1. The predicted molar refractivity (Wildman–Crippen MR) is 139 cm³/mol. The molecular formula is C26H24ClFN6O2S. The maximum atomic E-state index is 16.1. The number of aromatic amines is 1. The Balaban J connectivity index is 1.36. The van der Waals surface area contributed by atoms with Gasteiger partial charge in [0.05, 0.1) is 22.6 Å². The highest BCUT2D eigenvalue weighted by Crippen LogP contribution is 2.48. The third-order valence-corrected chi connectivity index (χ3v) is 9.53. The molecule has 4 aliphatic rings. The minimum Gasteiger partial charge on any atom is -0.481 e. The van der Waals surface area contributed by atoms with Crippen molar-refractivity contribution in [2.45, 2.75) is 50.5 Å². The minimum atomic E-state index is -0.837. The van der Waals surface area contributed by atoms with Gasteiger partial charge < -0.3 is 15.4 Å². The van der Waals surface area contributed by atoms with E-state index in [4.69, 9.17) is 11.6 Å². The molecule has 190 valence electrons. The topological polar surface area (TPSA) is 117 Å². The number of hydrogen-bond donors (Lipinski definition) is 3. The Kier molecular flexibility index (Phi) is 5.44. The number of fused-ring (bicyclic) bond motifs is 4. The molecule has 2 atom stereocenters. The van der Waals surface area contributed by atoms with Gasteiger partial charge >= 0.3 is 5.97 Å². The number of halogens is 2. The number of nitrogens with zero attached hydrogens (tertiary/aromatic N) is 4. The molecule has 37 heavy (non-hydrogen) atoms. The number of carbonyl (C=O) groups is 1. The molecule has 11 heteroatoms. The van der Waals surface area contributed by atoms with Crippen LogP contribution in [0.2, 0.25) is 5.15 Å². The Hall–Kier alpha value is -3.11. The van der Waals surface area contributed by atoms with Crippen LogP contribution in [0.1, 0.15) is 49.3 Å². The average molecular weight is 539 g/mol. The normalized spacial score (nSPS) is 25.0. The number of thiophene rings is 1. The molecule has 4 heterocycles. The summed E-state index contributed by atoms with van der Waals surface area (Å²) in [6.07, 6.45) is 9.11. The van der Waals surface area contributed by atoms with Crippen LogP contribution in [0.4, 0.5) is 10.2 Å². The molecule has 0 amide bonds. The van der Waals surface area contributed by atoms with Crippen molar-refractivity contribution in [1.82, 2.24) is 24.9 Å². The first-order chi connectivity index (χ1) is 18.0. The molecule has 4 aliphatic carbocycles. The third kappa shape index (κ3) is 3.97. The first-order valence-corrected chi connectivity index (χ1v) is 13.8. The first-order valence-electron chi connectivity index (χ1n) is 12.6. The van der Waals surface area contributed by atoms with Crippen molar-refractivity contribution >= 4 is 45.9 Å². The Bertz CT molecular complexity index is 1530. The quantitative estimate of drug-likeness (QED) is 0.271. The first kappa shape index (κ1) is 23.0. The number of aromatic nitrogens is 5. The van der Waals surface area contributed by atoms with E-state index >= 15 is 4.39 Å². The second kappa shape index (κ2) is 8.73. The van der Waals surface area contributed by atoms with E-state index in [-0.39, 0.29) is 34.3 Å². The van der Waals surface area contributed by atoms with E-state index in [2.05, 4.69) is 30.2 Å². The highest BCUT2D eigenvalue weighted by atomic mass is 35.5. The van der Waals surface area contributed by atoms with Gasteiger partial charge in [-0.25, -0.2) is 24.3 Å². The molecule has 4 fully saturated rings. The maximum absolute atomic E-state index is 16.1. The third-order valence-electron chi connectivity index (χ3n) is 8.09. The number of hydrogen-bond acceptors (Lipinski definition) is 7. The molecule has 0 spiro atoms. The van der Waals surface area contributed by atoms with Gasteiger partial charge in [-0.05, 0) is 68.4 Å². The van der Waals surface area contributed by atoms with Crippen LogP contribution in [0.25, 0.3) is 33.1 Å². The van der Waals surface area contributed by atoms with Gasteiger partial charge in [0.25, 0.3) is 0 Å². The summed E-state index contributed by atoms with van der Waals surface area (Å²) >= 11 is 7.66. The number of aliphatic carboxylic acids is 1. The van der Waals surface area contributed by atoms with Gasteiger partial charge in [-0.15, -0.1) is 11.3 Å². The van der Waals surface area contributed by atoms with Crippen molar-refractivity contribution in [3.05, 3.63) is 40.4 Å². The van der Waals surface area contributed by atoms with E-state index < -0.39 is 23.7 Å². The van der Waals surface area contributed by atoms with Crippen LogP contribution >= 0.6 is 22.9 Å². The number of rotatable bonds is 6. The zero-order chi connectivity index (χ0) is 25.3. The van der Waals surface area contributed by atoms with E-state index in [1.165, 1.54) is 11.1 Å². The van der Waals surface area contributed by atoms with Gasteiger partial charge in [-0.1, -0.05) is 11.6 Å². The lowest BCUT2D eigenvalue weighted by molar-refractivity contribution is -0.148. The van der Waals surface area contributed by atoms with Crippen LogP contribution in [0.15, 0.2) is 24.5 Å². The molecule has 2 bridgehead atoms. The lowest BCUT2D eigenvalue weighted by Gasteiger charge is -2.47. The highest BCUT2D eigenvalue weighted by Gasteiger charge is 2.47. The lowest BCUT2D eigenvalue weighted by Crippen LogP contribution is -2.51. The summed E-state index contributed by atoms with van der Waals surface area (Å²) in [5.41, 5.74) is 1.75. The smallest absolute Gasteiger partial charge is 0.308 e. The van der Waals surface area contributed by atoms with Crippen LogP contribution in [0.5, 0.6) is 0 Å². The summed E-state index contributed by atoms with van der Waals surface area (Å²) in [6.45, 7) is 0. The monoisotopic (exact) mass is 538 g/mol. The number of carboxylic acids is 1. The number of carboxylic acid groups (broad SMARTS) is 1. The highest BCUT2D eigenvalue weighted by molar-refractivity contribution is 7.15. The van der Waals surface area contributed by atoms with Crippen molar-refractivity contribution in [1.29, 1.82) is 0 Å². The van der Waals surface area contributed by atoms with E-state index in [1.54, 1.807) is 17.5 Å². The molecule has 8 rings (SSSR count). The SMILES string of the molecule is O=C(O)[C@H]1C2CCC(CC2)[C@@H]1Nc1nc(-c2c[nH]c3ncc(Cl)nc23)nc(-c2ccc(C3CC3)s2)c1F. The van der Waals surface area contributed by atoms with Crippen molar-refractivity contribution in [2.24, 2.45) is 17.8 Å². The van der Waals surface area contributed by atoms with E-state index in [9.17, 15) is 9.90 Å². The van der Waals surface area contributed by atoms with Gasteiger partial charge in [-0.3, -0.25) is 4.79 Å². The Morgan fingerprint density at radius 3 is 2.65 bits per heavy atom. The summed E-state index contributed by atoms with van der Waals surface area (Å²) in [4.78, 5) is 35.1. The predicted octanol–water partition coefficient (Wildman–Crippen LogP) is 6.11. The summed E-state index contributed by atoms with van der Waals surface area (Å²) in [5, 5.41) is 13.5. The zero-order valence-corrected chi connectivity index (χ0v) is 21.3. The Labute approximate surface area is 220 Å². The molecular weight excluding hydrogens is 515 g/mol. The zero-order valence-electron chi connectivity index (χ0n) is 19.7. The Morgan fingerprint density at radius 1 is 1.11 bits per heavy atom. The van der Waals surface area contributed by atoms with E-state index in [0.29, 0.717) is 22.6 Å². The van der Waals surface area contributed by atoms with Crippen molar-refractivity contribution in [2.75, 3.05) is 5.32 Å². The van der Waals surface area contributed by atoms with Crippen LogP contribution in [-0.4, -0.2) is 42.0 Å². The van der Waals surface area contributed by atoms with Gasteiger partial charge in [0.2, 0.25) is 0 Å². The number of H-pyrrole nitrogens is 1.